The molecule has 0 unspecified atom stereocenters. The fraction of sp³-hybridized carbons (Fsp3) is 0.400. The Bertz CT molecular complexity index is 676. The van der Waals surface area contributed by atoms with E-state index in [0.29, 0.717) is 11.4 Å². The van der Waals surface area contributed by atoms with Crippen LogP contribution in [0, 0.1) is 0 Å². The molecule has 1 amide bonds. The van der Waals surface area contributed by atoms with Gasteiger partial charge < -0.3 is 9.80 Å². The number of rotatable bonds is 4. The molecule has 1 saturated heterocycles. The van der Waals surface area contributed by atoms with Gasteiger partial charge in [0.05, 0.1) is 5.52 Å². The van der Waals surface area contributed by atoms with E-state index in [4.69, 9.17) is 11.6 Å². The highest BCUT2D eigenvalue weighted by atomic mass is 35.5. The zero-order chi connectivity index (χ0) is 14.8. The summed E-state index contributed by atoms with van der Waals surface area (Å²) in [5.41, 5.74) is 0.830. The molecule has 0 spiro atoms. The molecule has 0 aliphatic carbocycles. The lowest BCUT2D eigenvalue weighted by Crippen LogP contribution is -2.34. The lowest BCUT2D eigenvalue weighted by Gasteiger charge is -2.23. The topological polar surface area (TPSA) is 49.3 Å². The molecule has 21 heavy (non-hydrogen) atoms. The standard InChI is InChI=1S/C15H17ClN4O/c1-19(7-8-20-6-2-3-14(20)21)15-12-5-4-11(16)9-13(12)17-10-18-15/h4-5,9-10H,2-3,6-8H2,1H3. The average Bonchev–Trinajstić information content (AvgIpc) is 2.89. The monoisotopic (exact) mass is 304 g/mol. The van der Waals surface area contributed by atoms with Crippen LogP contribution in [0.25, 0.3) is 10.9 Å². The Morgan fingerprint density at radius 2 is 2.24 bits per heavy atom. The molecule has 0 bridgehead atoms. The summed E-state index contributed by atoms with van der Waals surface area (Å²) in [5.74, 6) is 1.12. The van der Waals surface area contributed by atoms with Crippen LogP contribution < -0.4 is 4.90 Å². The Morgan fingerprint density at radius 3 is 3.00 bits per heavy atom. The molecule has 1 aromatic carbocycles. The number of carbonyl (C=O) groups is 1. The fourth-order valence-corrected chi connectivity index (χ4v) is 2.80. The Hall–Kier alpha value is -1.88. The Balaban J connectivity index is 1.78. The maximum atomic E-state index is 11.6. The second-order valence-corrected chi connectivity index (χ2v) is 5.70. The lowest BCUT2D eigenvalue weighted by molar-refractivity contribution is -0.127. The number of benzene rings is 1. The first kappa shape index (κ1) is 14.1. The predicted molar refractivity (Wildman–Crippen MR) is 83.6 cm³/mol. The number of amides is 1. The quantitative estimate of drug-likeness (QED) is 0.870. The van der Waals surface area contributed by atoms with E-state index in [0.717, 1.165) is 42.8 Å². The molecule has 1 aliphatic rings. The molecule has 1 aromatic heterocycles. The van der Waals surface area contributed by atoms with Crippen LogP contribution in [0.5, 0.6) is 0 Å². The van der Waals surface area contributed by atoms with Gasteiger partial charge in [0.25, 0.3) is 0 Å². The van der Waals surface area contributed by atoms with E-state index in [9.17, 15) is 4.79 Å². The van der Waals surface area contributed by atoms with Gasteiger partial charge in [-0.15, -0.1) is 0 Å². The highest BCUT2D eigenvalue weighted by Crippen LogP contribution is 2.24. The van der Waals surface area contributed by atoms with Crippen molar-refractivity contribution in [2.75, 3.05) is 31.6 Å². The number of fused-ring (bicyclic) bond motifs is 1. The average molecular weight is 305 g/mol. The minimum absolute atomic E-state index is 0.253. The third-order valence-electron chi connectivity index (χ3n) is 3.82. The summed E-state index contributed by atoms with van der Waals surface area (Å²) in [7, 11) is 1.98. The van der Waals surface area contributed by atoms with Gasteiger partial charge >= 0.3 is 0 Å². The van der Waals surface area contributed by atoms with E-state index < -0.39 is 0 Å². The molecule has 1 aliphatic heterocycles. The molecule has 2 heterocycles. The van der Waals surface area contributed by atoms with Gasteiger partial charge in [0.1, 0.15) is 12.1 Å². The molecule has 0 atom stereocenters. The maximum absolute atomic E-state index is 11.6. The van der Waals surface area contributed by atoms with E-state index >= 15 is 0 Å². The minimum Gasteiger partial charge on any atom is -0.357 e. The van der Waals surface area contributed by atoms with E-state index in [1.54, 1.807) is 6.33 Å². The number of hydrogen-bond donors (Lipinski definition) is 0. The molecule has 2 aromatic rings. The minimum atomic E-state index is 0.253. The summed E-state index contributed by atoms with van der Waals surface area (Å²) in [5, 5.41) is 1.63. The zero-order valence-corrected chi connectivity index (χ0v) is 12.7. The Morgan fingerprint density at radius 1 is 1.38 bits per heavy atom. The van der Waals surface area contributed by atoms with Crippen molar-refractivity contribution in [2.45, 2.75) is 12.8 Å². The van der Waals surface area contributed by atoms with Gasteiger partial charge in [0.2, 0.25) is 5.91 Å². The fourth-order valence-electron chi connectivity index (χ4n) is 2.64. The normalized spacial score (nSPS) is 15.0. The van der Waals surface area contributed by atoms with Gasteiger partial charge in [0.15, 0.2) is 0 Å². The molecule has 0 radical (unpaired) electrons. The molecule has 0 saturated carbocycles. The van der Waals surface area contributed by atoms with Crippen LogP contribution in [0.4, 0.5) is 5.82 Å². The summed E-state index contributed by atoms with van der Waals surface area (Å²) in [6.45, 7) is 2.35. The highest BCUT2D eigenvalue weighted by Gasteiger charge is 2.20. The van der Waals surface area contributed by atoms with E-state index in [-0.39, 0.29) is 5.91 Å². The first-order chi connectivity index (χ1) is 10.1. The third-order valence-corrected chi connectivity index (χ3v) is 4.05. The maximum Gasteiger partial charge on any atom is 0.222 e. The molecule has 110 valence electrons. The van der Waals surface area contributed by atoms with Crippen LogP contribution in [0.1, 0.15) is 12.8 Å². The second-order valence-electron chi connectivity index (χ2n) is 5.26. The van der Waals surface area contributed by atoms with Gasteiger partial charge in [-0.05, 0) is 24.6 Å². The van der Waals surface area contributed by atoms with Crippen molar-refractivity contribution in [1.82, 2.24) is 14.9 Å². The summed E-state index contributed by atoms with van der Waals surface area (Å²) in [6.07, 6.45) is 3.20. The first-order valence-corrected chi connectivity index (χ1v) is 7.42. The molecule has 6 heteroatoms. The highest BCUT2D eigenvalue weighted by molar-refractivity contribution is 6.31. The summed E-state index contributed by atoms with van der Waals surface area (Å²) >= 11 is 6.00. The van der Waals surface area contributed by atoms with Crippen molar-refractivity contribution in [3.05, 3.63) is 29.5 Å². The SMILES string of the molecule is CN(CCN1CCCC1=O)c1ncnc2cc(Cl)ccc12. The molecular formula is C15H17ClN4O. The van der Waals surface area contributed by atoms with Crippen molar-refractivity contribution in [2.24, 2.45) is 0 Å². The van der Waals surface area contributed by atoms with Gasteiger partial charge in [-0.2, -0.15) is 0 Å². The van der Waals surface area contributed by atoms with Crippen molar-refractivity contribution < 1.29 is 4.79 Å². The Labute approximate surface area is 128 Å². The smallest absolute Gasteiger partial charge is 0.222 e. The van der Waals surface area contributed by atoms with Crippen molar-refractivity contribution in [3.63, 3.8) is 0 Å². The molecular weight excluding hydrogens is 288 g/mol. The summed E-state index contributed by atoms with van der Waals surface area (Å²) < 4.78 is 0. The number of likely N-dealkylation sites (N-methyl/N-ethyl adjacent to an activating group) is 1. The van der Waals surface area contributed by atoms with Gasteiger partial charge in [-0.3, -0.25) is 4.79 Å². The number of halogens is 1. The number of hydrogen-bond acceptors (Lipinski definition) is 4. The second kappa shape index (κ2) is 5.85. The van der Waals surface area contributed by atoms with E-state index in [1.807, 2.05) is 30.1 Å². The van der Waals surface area contributed by atoms with E-state index in [1.165, 1.54) is 0 Å². The summed E-state index contributed by atoms with van der Waals surface area (Å²) in [6, 6.07) is 5.61. The van der Waals surface area contributed by atoms with Crippen LogP contribution in [-0.4, -0.2) is 47.5 Å². The lowest BCUT2D eigenvalue weighted by atomic mass is 10.2. The molecule has 0 N–H and O–H groups in total. The van der Waals surface area contributed by atoms with Crippen molar-refractivity contribution in [1.29, 1.82) is 0 Å². The van der Waals surface area contributed by atoms with Crippen molar-refractivity contribution in [3.8, 4) is 0 Å². The third kappa shape index (κ3) is 2.93. The van der Waals surface area contributed by atoms with Crippen LogP contribution >= 0.6 is 11.6 Å². The number of aromatic nitrogens is 2. The number of likely N-dealkylation sites (tertiary alicyclic amines) is 1. The van der Waals surface area contributed by atoms with Crippen LogP contribution in [0.15, 0.2) is 24.5 Å². The van der Waals surface area contributed by atoms with E-state index in [2.05, 4.69) is 14.9 Å². The largest absolute Gasteiger partial charge is 0.357 e. The van der Waals surface area contributed by atoms with Crippen molar-refractivity contribution >= 4 is 34.2 Å². The van der Waals surface area contributed by atoms with Crippen LogP contribution in [0.2, 0.25) is 5.02 Å². The van der Waals surface area contributed by atoms with Gasteiger partial charge in [0, 0.05) is 43.5 Å². The number of nitrogens with zero attached hydrogens (tertiary/aromatic N) is 4. The first-order valence-electron chi connectivity index (χ1n) is 7.04. The number of carbonyl (C=O) groups excluding carboxylic acids is 1. The van der Waals surface area contributed by atoms with Gasteiger partial charge in [-0.1, -0.05) is 11.6 Å². The van der Waals surface area contributed by atoms with Crippen LogP contribution in [-0.2, 0) is 4.79 Å². The summed E-state index contributed by atoms with van der Waals surface area (Å²) in [4.78, 5) is 24.2. The number of anilines is 1. The molecule has 5 nitrogen and oxygen atoms in total. The zero-order valence-electron chi connectivity index (χ0n) is 11.9. The Kier molecular flexibility index (Phi) is 3.92. The molecule has 3 rings (SSSR count). The van der Waals surface area contributed by atoms with Gasteiger partial charge in [-0.25, -0.2) is 9.97 Å². The van der Waals surface area contributed by atoms with Crippen LogP contribution in [0.3, 0.4) is 0 Å². The molecule has 1 fully saturated rings. The predicted octanol–water partition coefficient (Wildman–Crippen LogP) is 2.34.